The maximum Gasteiger partial charge on any atom is 0.421 e. The van der Waals surface area contributed by atoms with Gasteiger partial charge in [0.2, 0.25) is 5.91 Å². The number of aliphatic hydroxyl groups is 1. The number of anilines is 1. The van der Waals surface area contributed by atoms with Crippen LogP contribution in [0.2, 0.25) is 0 Å². The number of fused-ring (bicyclic) bond motifs is 1. The van der Waals surface area contributed by atoms with Crippen LogP contribution in [0, 0.1) is 0 Å². The molecule has 1 heterocycles. The average Bonchev–Trinajstić information content (AvgIpc) is 3.47. The van der Waals surface area contributed by atoms with Crippen molar-refractivity contribution in [1.29, 1.82) is 0 Å². The summed E-state index contributed by atoms with van der Waals surface area (Å²) in [6, 6.07) is 7.80. The maximum atomic E-state index is 13.4. The van der Waals surface area contributed by atoms with Gasteiger partial charge in [0.1, 0.15) is 6.04 Å². The van der Waals surface area contributed by atoms with E-state index in [0.29, 0.717) is 30.9 Å². The number of sulfone groups is 1. The summed E-state index contributed by atoms with van der Waals surface area (Å²) in [5.74, 6) is -0.954. The topological polar surface area (TPSA) is 113 Å². The zero-order chi connectivity index (χ0) is 27.4. The van der Waals surface area contributed by atoms with Crippen LogP contribution in [-0.2, 0) is 36.3 Å². The monoisotopic (exact) mass is 540 g/mol. The fourth-order valence-electron chi connectivity index (χ4n) is 4.40. The highest BCUT2D eigenvalue weighted by Crippen LogP contribution is 2.45. The molecule has 4 rings (SSSR count). The van der Waals surface area contributed by atoms with Gasteiger partial charge in [-0.05, 0) is 60.7 Å². The first kappa shape index (κ1) is 27.1. The molecule has 2 aromatic rings. The number of hydrogen-bond acceptors (Lipinski definition) is 6. The van der Waals surface area contributed by atoms with Crippen LogP contribution in [0.25, 0.3) is 0 Å². The molecule has 0 saturated heterocycles. The minimum absolute atomic E-state index is 0.0167. The highest BCUT2D eigenvalue weighted by Gasteiger charge is 2.51. The number of nitrogens with one attached hydrogen (secondary N) is 1. The smallest absolute Gasteiger partial charge is 0.378 e. The Labute approximate surface area is 212 Å². The molecule has 2 amide bonds. The first-order valence-corrected chi connectivity index (χ1v) is 13.4. The lowest BCUT2D eigenvalue weighted by Crippen LogP contribution is -2.39. The number of amides is 2. The third-order valence-electron chi connectivity index (χ3n) is 7.04. The van der Waals surface area contributed by atoms with Gasteiger partial charge >= 0.3 is 6.18 Å². The van der Waals surface area contributed by atoms with Crippen LogP contribution in [0.3, 0.4) is 0 Å². The fraction of sp³-hybridized carbons (Fsp3) is 0.440. The molecule has 1 saturated carbocycles. The summed E-state index contributed by atoms with van der Waals surface area (Å²) < 4.78 is 68.9. The van der Waals surface area contributed by atoms with E-state index in [1.807, 2.05) is 0 Å². The fourth-order valence-corrected chi connectivity index (χ4v) is 5.07. The van der Waals surface area contributed by atoms with E-state index in [4.69, 9.17) is 4.74 Å². The van der Waals surface area contributed by atoms with Crippen molar-refractivity contribution in [2.75, 3.05) is 18.7 Å². The van der Waals surface area contributed by atoms with E-state index in [0.717, 1.165) is 18.4 Å². The molecular weight excluding hydrogens is 513 g/mol. The lowest BCUT2D eigenvalue weighted by Gasteiger charge is -2.27. The van der Waals surface area contributed by atoms with E-state index < -0.39 is 44.7 Å². The molecule has 0 spiro atoms. The standard InChI is InChI=1S/C25H27F3N2O6S/c1-23(33,25(26,27)28)16-4-6-17(7-5-16)29-22(32)21-19-9-8-18(37(3,34)35)12-15(19)14-30(21)20(31)13-24(36-2)10-11-24/h4-9,12,21,33H,10-11,13-14H2,1-3H3,(H,29,32). The van der Waals surface area contributed by atoms with E-state index in [1.54, 1.807) is 0 Å². The molecule has 0 aromatic heterocycles. The van der Waals surface area contributed by atoms with Gasteiger partial charge in [0.25, 0.3) is 5.91 Å². The number of alkyl halides is 3. The highest BCUT2D eigenvalue weighted by atomic mass is 32.2. The Morgan fingerprint density at radius 2 is 1.78 bits per heavy atom. The summed E-state index contributed by atoms with van der Waals surface area (Å²) in [5.41, 5.74) is -2.91. The Morgan fingerprint density at radius 3 is 2.30 bits per heavy atom. The Kier molecular flexibility index (Phi) is 6.66. The van der Waals surface area contributed by atoms with Crippen molar-refractivity contribution in [3.63, 3.8) is 0 Å². The normalized spacial score (nSPS) is 20.2. The number of halogens is 3. The van der Waals surface area contributed by atoms with Crippen molar-refractivity contribution in [1.82, 2.24) is 4.90 Å². The highest BCUT2D eigenvalue weighted by molar-refractivity contribution is 7.90. The number of carbonyl (C=O) groups is 2. The summed E-state index contributed by atoms with van der Waals surface area (Å²) in [4.78, 5) is 28.0. The third-order valence-corrected chi connectivity index (χ3v) is 8.15. The molecule has 1 aliphatic heterocycles. The van der Waals surface area contributed by atoms with Gasteiger partial charge in [0.05, 0.1) is 16.9 Å². The molecule has 0 bridgehead atoms. The van der Waals surface area contributed by atoms with Gasteiger partial charge in [-0.15, -0.1) is 0 Å². The maximum absolute atomic E-state index is 13.4. The quantitative estimate of drug-likeness (QED) is 0.556. The van der Waals surface area contributed by atoms with E-state index in [-0.39, 0.29) is 29.5 Å². The van der Waals surface area contributed by atoms with Crippen molar-refractivity contribution < 1.29 is 41.0 Å². The number of carbonyl (C=O) groups excluding carboxylic acids is 2. The van der Waals surface area contributed by atoms with Crippen LogP contribution < -0.4 is 5.32 Å². The van der Waals surface area contributed by atoms with Crippen molar-refractivity contribution in [3.05, 3.63) is 59.2 Å². The van der Waals surface area contributed by atoms with Crippen LogP contribution in [0.15, 0.2) is 47.4 Å². The van der Waals surface area contributed by atoms with Crippen LogP contribution >= 0.6 is 0 Å². The van der Waals surface area contributed by atoms with E-state index in [9.17, 15) is 36.3 Å². The van der Waals surface area contributed by atoms with Gasteiger partial charge in [-0.1, -0.05) is 18.2 Å². The largest absolute Gasteiger partial charge is 0.421 e. The lowest BCUT2D eigenvalue weighted by molar-refractivity contribution is -0.258. The zero-order valence-electron chi connectivity index (χ0n) is 20.4. The molecule has 12 heteroatoms. The number of nitrogens with zero attached hydrogens (tertiary/aromatic N) is 1. The number of hydrogen-bond donors (Lipinski definition) is 2. The van der Waals surface area contributed by atoms with Gasteiger partial charge in [-0.3, -0.25) is 9.59 Å². The second-order valence-corrected chi connectivity index (χ2v) is 11.8. The molecule has 8 nitrogen and oxygen atoms in total. The SMILES string of the molecule is COC1(CC(=O)N2Cc3cc(S(C)(=O)=O)ccc3C2C(=O)Nc2ccc(C(C)(O)C(F)(F)F)cc2)CC1. The van der Waals surface area contributed by atoms with Gasteiger partial charge in [0.15, 0.2) is 15.4 Å². The van der Waals surface area contributed by atoms with Gasteiger partial charge < -0.3 is 20.1 Å². The summed E-state index contributed by atoms with van der Waals surface area (Å²) in [6.07, 6.45) is -2.36. The number of rotatable bonds is 7. The zero-order valence-corrected chi connectivity index (χ0v) is 21.2. The second kappa shape index (κ2) is 9.10. The predicted octanol–water partition coefficient (Wildman–Crippen LogP) is 3.45. The van der Waals surface area contributed by atoms with Crippen LogP contribution in [0.5, 0.6) is 0 Å². The van der Waals surface area contributed by atoms with Crippen molar-refractivity contribution in [3.8, 4) is 0 Å². The third kappa shape index (κ3) is 5.23. The minimum Gasteiger partial charge on any atom is -0.378 e. The van der Waals surface area contributed by atoms with E-state index >= 15 is 0 Å². The molecule has 2 unspecified atom stereocenters. The lowest BCUT2D eigenvalue weighted by atomic mass is 9.95. The summed E-state index contributed by atoms with van der Waals surface area (Å²) in [7, 11) is -2.01. The molecule has 0 radical (unpaired) electrons. The molecule has 2 aliphatic rings. The number of benzene rings is 2. The first-order chi connectivity index (χ1) is 17.1. The van der Waals surface area contributed by atoms with E-state index in [1.165, 1.54) is 42.3 Å². The molecule has 200 valence electrons. The molecule has 1 aliphatic carbocycles. The van der Waals surface area contributed by atoms with Crippen LogP contribution in [-0.4, -0.2) is 55.4 Å². The summed E-state index contributed by atoms with van der Waals surface area (Å²) in [5, 5.41) is 12.5. The Balaban J connectivity index is 1.62. The molecular formula is C25H27F3N2O6S. The molecule has 1 fully saturated rings. The molecule has 2 N–H and O–H groups in total. The second-order valence-electron chi connectivity index (χ2n) is 9.76. The summed E-state index contributed by atoms with van der Waals surface area (Å²) >= 11 is 0. The average molecular weight is 541 g/mol. The Bertz CT molecular complexity index is 1340. The predicted molar refractivity (Wildman–Crippen MR) is 127 cm³/mol. The van der Waals surface area contributed by atoms with Crippen LogP contribution in [0.4, 0.5) is 18.9 Å². The van der Waals surface area contributed by atoms with E-state index in [2.05, 4.69) is 5.32 Å². The minimum atomic E-state index is -4.89. The number of ether oxygens (including phenoxy) is 1. The summed E-state index contributed by atoms with van der Waals surface area (Å²) in [6.45, 7) is 0.653. The molecule has 2 atom stereocenters. The van der Waals surface area contributed by atoms with Crippen LogP contribution in [0.1, 0.15) is 48.9 Å². The Hall–Kier alpha value is -2.96. The van der Waals surface area contributed by atoms with Gasteiger partial charge in [0, 0.05) is 25.6 Å². The first-order valence-electron chi connectivity index (χ1n) is 11.5. The van der Waals surface area contributed by atoms with Gasteiger partial charge in [-0.25, -0.2) is 8.42 Å². The Morgan fingerprint density at radius 1 is 1.16 bits per heavy atom. The number of methoxy groups -OCH3 is 1. The molecule has 2 aromatic carbocycles. The van der Waals surface area contributed by atoms with Crippen molar-refractivity contribution >= 4 is 27.3 Å². The van der Waals surface area contributed by atoms with Crippen molar-refractivity contribution in [2.24, 2.45) is 0 Å². The molecule has 37 heavy (non-hydrogen) atoms. The van der Waals surface area contributed by atoms with Crippen molar-refractivity contribution in [2.45, 2.75) is 61.0 Å². The van der Waals surface area contributed by atoms with Gasteiger partial charge in [-0.2, -0.15) is 13.2 Å².